The molecule has 8 heteroatoms. The van der Waals surface area contributed by atoms with Gasteiger partial charge in [-0.25, -0.2) is 8.42 Å². The highest BCUT2D eigenvalue weighted by Crippen LogP contribution is 2.23. The minimum Gasteiger partial charge on any atom is -0.375 e. The van der Waals surface area contributed by atoms with Crippen molar-refractivity contribution in [2.24, 2.45) is 0 Å². The van der Waals surface area contributed by atoms with Crippen molar-refractivity contribution in [3.05, 3.63) is 70.3 Å². The first kappa shape index (κ1) is 17.5. The largest absolute Gasteiger partial charge is 0.375 e. The Morgan fingerprint density at radius 2 is 1.92 bits per heavy atom. The Kier molecular flexibility index (Phi) is 5.12. The molecule has 1 saturated heterocycles. The molecule has 1 unspecified atom stereocenters. The van der Waals surface area contributed by atoms with E-state index in [-0.39, 0.29) is 29.8 Å². The fourth-order valence-corrected chi connectivity index (χ4v) is 4.31. The SMILES string of the molecule is O=[N+]([O-])c1cccc(S(=O)(=O)N2CCOC(Cc3ccccc3)C2)c1. The fraction of sp³-hybridized carbons (Fsp3) is 0.294. The van der Waals surface area contributed by atoms with Crippen molar-refractivity contribution in [1.29, 1.82) is 0 Å². The maximum Gasteiger partial charge on any atom is 0.270 e. The molecule has 0 bridgehead atoms. The highest BCUT2D eigenvalue weighted by Gasteiger charge is 2.31. The molecule has 0 radical (unpaired) electrons. The minimum absolute atomic E-state index is 0.0675. The average Bonchev–Trinajstić information content (AvgIpc) is 2.63. The van der Waals surface area contributed by atoms with E-state index in [0.717, 1.165) is 11.6 Å². The van der Waals surface area contributed by atoms with Crippen molar-refractivity contribution < 1.29 is 18.1 Å². The van der Waals surface area contributed by atoms with E-state index < -0.39 is 14.9 Å². The summed E-state index contributed by atoms with van der Waals surface area (Å²) < 4.78 is 32.6. The first-order chi connectivity index (χ1) is 12.0. The predicted octanol–water partition coefficient (Wildman–Crippen LogP) is 2.23. The van der Waals surface area contributed by atoms with Crippen LogP contribution in [0.4, 0.5) is 5.69 Å². The lowest BCUT2D eigenvalue weighted by molar-refractivity contribution is -0.385. The maximum absolute atomic E-state index is 12.8. The Hall–Kier alpha value is -2.29. The lowest BCUT2D eigenvalue weighted by Gasteiger charge is -2.32. The summed E-state index contributed by atoms with van der Waals surface area (Å²) in [5, 5.41) is 10.9. The Morgan fingerprint density at radius 3 is 2.64 bits per heavy atom. The molecule has 3 rings (SSSR count). The molecule has 25 heavy (non-hydrogen) atoms. The van der Waals surface area contributed by atoms with Gasteiger partial charge < -0.3 is 4.74 Å². The second-order valence-electron chi connectivity index (χ2n) is 5.80. The van der Waals surface area contributed by atoms with Crippen LogP contribution in [0.5, 0.6) is 0 Å². The van der Waals surface area contributed by atoms with E-state index in [0.29, 0.717) is 13.0 Å². The van der Waals surface area contributed by atoms with Crippen LogP contribution in [-0.4, -0.2) is 43.4 Å². The van der Waals surface area contributed by atoms with Crippen molar-refractivity contribution >= 4 is 15.7 Å². The molecule has 7 nitrogen and oxygen atoms in total. The molecule has 1 heterocycles. The molecule has 0 N–H and O–H groups in total. The minimum atomic E-state index is -3.79. The molecule has 1 aliphatic heterocycles. The van der Waals surface area contributed by atoms with Crippen molar-refractivity contribution in [3.8, 4) is 0 Å². The summed E-state index contributed by atoms with van der Waals surface area (Å²) in [6.07, 6.45) is 0.367. The lowest BCUT2D eigenvalue weighted by atomic mass is 10.1. The highest BCUT2D eigenvalue weighted by molar-refractivity contribution is 7.89. The third kappa shape index (κ3) is 4.04. The van der Waals surface area contributed by atoms with Gasteiger partial charge in [0.05, 0.1) is 22.5 Å². The third-order valence-electron chi connectivity index (χ3n) is 4.07. The van der Waals surface area contributed by atoms with E-state index in [9.17, 15) is 18.5 Å². The molecule has 0 amide bonds. The summed E-state index contributed by atoms with van der Waals surface area (Å²) in [6.45, 7) is 0.752. The van der Waals surface area contributed by atoms with E-state index >= 15 is 0 Å². The quantitative estimate of drug-likeness (QED) is 0.601. The van der Waals surface area contributed by atoms with Gasteiger partial charge in [-0.2, -0.15) is 4.31 Å². The number of nitro benzene ring substituents is 1. The second-order valence-corrected chi connectivity index (χ2v) is 7.74. The van der Waals surface area contributed by atoms with Gasteiger partial charge in [0.25, 0.3) is 5.69 Å². The van der Waals surface area contributed by atoms with Crippen LogP contribution in [0.1, 0.15) is 5.56 Å². The molecule has 0 spiro atoms. The van der Waals surface area contributed by atoms with E-state index in [1.807, 2.05) is 30.3 Å². The number of non-ortho nitro benzene ring substituents is 1. The first-order valence-electron chi connectivity index (χ1n) is 7.87. The Labute approximate surface area is 146 Å². The fourth-order valence-electron chi connectivity index (χ4n) is 2.82. The number of hydrogen-bond acceptors (Lipinski definition) is 5. The van der Waals surface area contributed by atoms with Crippen molar-refractivity contribution in [1.82, 2.24) is 4.31 Å². The van der Waals surface area contributed by atoms with Crippen molar-refractivity contribution in [2.45, 2.75) is 17.4 Å². The number of benzene rings is 2. The van der Waals surface area contributed by atoms with Crippen LogP contribution >= 0.6 is 0 Å². The number of morpholine rings is 1. The van der Waals surface area contributed by atoms with E-state index in [4.69, 9.17) is 4.74 Å². The average molecular weight is 362 g/mol. The Morgan fingerprint density at radius 1 is 1.16 bits per heavy atom. The summed E-state index contributed by atoms with van der Waals surface area (Å²) >= 11 is 0. The summed E-state index contributed by atoms with van der Waals surface area (Å²) in [5.74, 6) is 0. The van der Waals surface area contributed by atoms with Crippen LogP contribution < -0.4 is 0 Å². The van der Waals surface area contributed by atoms with E-state index in [2.05, 4.69) is 0 Å². The smallest absolute Gasteiger partial charge is 0.270 e. The number of sulfonamides is 1. The molecular weight excluding hydrogens is 344 g/mol. The van der Waals surface area contributed by atoms with Gasteiger partial charge in [-0.15, -0.1) is 0 Å². The van der Waals surface area contributed by atoms with Crippen LogP contribution in [0, 0.1) is 10.1 Å². The van der Waals surface area contributed by atoms with E-state index in [1.54, 1.807) is 0 Å². The Bertz CT molecular complexity index is 854. The van der Waals surface area contributed by atoms with Gasteiger partial charge in [0.1, 0.15) is 0 Å². The van der Waals surface area contributed by atoms with Gasteiger partial charge >= 0.3 is 0 Å². The van der Waals surface area contributed by atoms with E-state index in [1.165, 1.54) is 22.5 Å². The standard InChI is InChI=1S/C17H18N2O5S/c20-19(21)15-7-4-8-17(12-15)25(22,23)18-9-10-24-16(13-18)11-14-5-2-1-3-6-14/h1-8,12,16H,9-11,13H2. The molecule has 132 valence electrons. The molecule has 1 aliphatic rings. The number of hydrogen-bond donors (Lipinski definition) is 0. The van der Waals surface area contributed by atoms with Gasteiger partial charge in [-0.1, -0.05) is 36.4 Å². The second kappa shape index (κ2) is 7.30. The molecule has 0 aromatic heterocycles. The third-order valence-corrected chi connectivity index (χ3v) is 5.94. The zero-order valence-electron chi connectivity index (χ0n) is 13.4. The lowest BCUT2D eigenvalue weighted by Crippen LogP contribution is -2.46. The topological polar surface area (TPSA) is 89.8 Å². The number of nitro groups is 1. The van der Waals surface area contributed by atoms with Gasteiger partial charge in [0.15, 0.2) is 0 Å². The first-order valence-corrected chi connectivity index (χ1v) is 9.31. The molecule has 0 aliphatic carbocycles. The van der Waals surface area contributed by atoms with Crippen LogP contribution in [0.2, 0.25) is 0 Å². The zero-order valence-corrected chi connectivity index (χ0v) is 14.3. The van der Waals surface area contributed by atoms with Crippen LogP contribution in [-0.2, 0) is 21.2 Å². The molecule has 1 atom stereocenters. The summed E-state index contributed by atoms with van der Waals surface area (Å²) in [5.41, 5.74) is 0.831. The number of nitrogens with zero attached hydrogens (tertiary/aromatic N) is 2. The van der Waals surface area contributed by atoms with Gasteiger partial charge in [-0.3, -0.25) is 10.1 Å². The normalized spacial score (nSPS) is 18.8. The van der Waals surface area contributed by atoms with Gasteiger partial charge in [0, 0.05) is 25.2 Å². The molecule has 0 saturated carbocycles. The zero-order chi connectivity index (χ0) is 17.9. The van der Waals surface area contributed by atoms with Crippen LogP contribution in [0.25, 0.3) is 0 Å². The summed E-state index contributed by atoms with van der Waals surface area (Å²) in [7, 11) is -3.79. The van der Waals surface area contributed by atoms with Gasteiger partial charge in [-0.05, 0) is 18.1 Å². The molecule has 2 aromatic rings. The molecular formula is C17H18N2O5S. The van der Waals surface area contributed by atoms with Gasteiger partial charge in [0.2, 0.25) is 10.0 Å². The number of ether oxygens (including phenoxy) is 1. The maximum atomic E-state index is 12.8. The summed E-state index contributed by atoms with van der Waals surface area (Å²) in [6, 6.07) is 14.8. The summed E-state index contributed by atoms with van der Waals surface area (Å²) in [4.78, 5) is 10.2. The molecule has 1 fully saturated rings. The predicted molar refractivity (Wildman–Crippen MR) is 91.7 cm³/mol. The van der Waals surface area contributed by atoms with Crippen molar-refractivity contribution in [2.75, 3.05) is 19.7 Å². The molecule has 2 aromatic carbocycles. The highest BCUT2D eigenvalue weighted by atomic mass is 32.2. The van der Waals surface area contributed by atoms with Crippen LogP contribution in [0.3, 0.4) is 0 Å². The Balaban J connectivity index is 1.78. The number of rotatable bonds is 5. The van der Waals surface area contributed by atoms with Crippen molar-refractivity contribution in [3.63, 3.8) is 0 Å². The monoisotopic (exact) mass is 362 g/mol. The van der Waals surface area contributed by atoms with Crippen LogP contribution in [0.15, 0.2) is 59.5 Å².